The molecular formula is C24H17N3O7. The first-order chi connectivity index (χ1) is 16.3. The highest BCUT2D eigenvalue weighted by Gasteiger charge is 2.37. The molecule has 0 fully saturated rings. The maximum Gasteiger partial charge on any atom is 0.338 e. The van der Waals surface area contributed by atoms with Gasteiger partial charge in [-0.25, -0.2) is 9.69 Å². The third-order valence-electron chi connectivity index (χ3n) is 5.08. The molecular weight excluding hydrogens is 442 g/mol. The van der Waals surface area contributed by atoms with E-state index >= 15 is 0 Å². The highest BCUT2D eigenvalue weighted by atomic mass is 16.6. The van der Waals surface area contributed by atoms with E-state index in [2.05, 4.69) is 5.32 Å². The number of imide groups is 1. The molecule has 1 heterocycles. The molecule has 3 aromatic rings. The number of anilines is 2. The van der Waals surface area contributed by atoms with Crippen LogP contribution in [0.5, 0.6) is 0 Å². The zero-order valence-electron chi connectivity index (χ0n) is 17.8. The van der Waals surface area contributed by atoms with Crippen molar-refractivity contribution in [2.45, 2.75) is 6.92 Å². The Morgan fingerprint density at radius 1 is 0.941 bits per heavy atom. The summed E-state index contributed by atoms with van der Waals surface area (Å²) in [5.74, 6) is -2.38. The van der Waals surface area contributed by atoms with Crippen LogP contribution in [0.2, 0.25) is 0 Å². The second kappa shape index (κ2) is 8.94. The van der Waals surface area contributed by atoms with E-state index < -0.39 is 28.6 Å². The summed E-state index contributed by atoms with van der Waals surface area (Å²) in [6.45, 7) is 1.85. The Labute approximate surface area is 192 Å². The van der Waals surface area contributed by atoms with Gasteiger partial charge in [0.1, 0.15) is 0 Å². The molecule has 0 radical (unpaired) electrons. The van der Waals surface area contributed by atoms with Crippen LogP contribution in [0.25, 0.3) is 0 Å². The van der Waals surface area contributed by atoms with E-state index in [4.69, 9.17) is 4.74 Å². The minimum absolute atomic E-state index is 0.0644. The van der Waals surface area contributed by atoms with Gasteiger partial charge in [-0.2, -0.15) is 0 Å². The van der Waals surface area contributed by atoms with Gasteiger partial charge in [0.2, 0.25) is 0 Å². The molecule has 10 heteroatoms. The first-order valence-corrected chi connectivity index (χ1v) is 10.2. The van der Waals surface area contributed by atoms with Crippen LogP contribution < -0.4 is 10.2 Å². The second-order valence-electron chi connectivity index (χ2n) is 7.24. The summed E-state index contributed by atoms with van der Waals surface area (Å²) in [5.41, 5.74) is 0.680. The number of rotatable bonds is 6. The number of amides is 3. The summed E-state index contributed by atoms with van der Waals surface area (Å²) in [6.07, 6.45) is 0. The molecule has 0 aromatic heterocycles. The van der Waals surface area contributed by atoms with Gasteiger partial charge in [0.15, 0.2) is 0 Å². The van der Waals surface area contributed by atoms with Crippen LogP contribution in [0.1, 0.15) is 48.4 Å². The fourth-order valence-electron chi connectivity index (χ4n) is 3.50. The van der Waals surface area contributed by atoms with E-state index in [9.17, 15) is 29.3 Å². The quantitative estimate of drug-likeness (QED) is 0.256. The number of nitrogens with one attached hydrogen (secondary N) is 1. The van der Waals surface area contributed by atoms with Gasteiger partial charge in [0.25, 0.3) is 23.4 Å². The molecule has 170 valence electrons. The van der Waals surface area contributed by atoms with Gasteiger partial charge < -0.3 is 10.1 Å². The number of nitrogens with zero attached hydrogens (tertiary/aromatic N) is 2. The monoisotopic (exact) mass is 459 g/mol. The highest BCUT2D eigenvalue weighted by Crippen LogP contribution is 2.31. The molecule has 0 saturated heterocycles. The number of nitro groups is 1. The van der Waals surface area contributed by atoms with Crippen molar-refractivity contribution < 1.29 is 28.8 Å². The van der Waals surface area contributed by atoms with Gasteiger partial charge in [-0.15, -0.1) is 0 Å². The molecule has 0 atom stereocenters. The van der Waals surface area contributed by atoms with Crippen LogP contribution >= 0.6 is 0 Å². The zero-order valence-corrected chi connectivity index (χ0v) is 17.8. The number of benzene rings is 3. The predicted molar refractivity (Wildman–Crippen MR) is 121 cm³/mol. The summed E-state index contributed by atoms with van der Waals surface area (Å²) < 4.78 is 4.97. The van der Waals surface area contributed by atoms with Gasteiger partial charge in [-0.1, -0.05) is 12.1 Å². The zero-order chi connectivity index (χ0) is 24.4. The number of non-ortho nitro benzene ring substituents is 1. The molecule has 0 aliphatic carbocycles. The van der Waals surface area contributed by atoms with Gasteiger partial charge >= 0.3 is 5.97 Å². The Morgan fingerprint density at radius 2 is 1.65 bits per heavy atom. The number of esters is 1. The Bertz CT molecular complexity index is 1370. The van der Waals surface area contributed by atoms with Gasteiger partial charge in [0.05, 0.1) is 33.9 Å². The number of hydrogen-bond donors (Lipinski definition) is 1. The van der Waals surface area contributed by atoms with Crippen LogP contribution in [-0.4, -0.2) is 35.2 Å². The summed E-state index contributed by atoms with van der Waals surface area (Å²) >= 11 is 0. The summed E-state index contributed by atoms with van der Waals surface area (Å²) in [6, 6.07) is 15.4. The van der Waals surface area contributed by atoms with Crippen molar-refractivity contribution in [1.29, 1.82) is 0 Å². The first kappa shape index (κ1) is 22.3. The van der Waals surface area contributed by atoms with Crippen LogP contribution in [0.4, 0.5) is 17.1 Å². The average molecular weight is 459 g/mol. The topological polar surface area (TPSA) is 136 Å². The number of ether oxygens (including phenoxy) is 1. The van der Waals surface area contributed by atoms with E-state index in [1.165, 1.54) is 60.7 Å². The maximum absolute atomic E-state index is 13.0. The van der Waals surface area contributed by atoms with Gasteiger partial charge in [-0.3, -0.25) is 24.5 Å². The fourth-order valence-corrected chi connectivity index (χ4v) is 3.50. The van der Waals surface area contributed by atoms with Crippen LogP contribution in [0.15, 0.2) is 66.7 Å². The minimum atomic E-state index is -0.618. The maximum atomic E-state index is 13.0. The molecule has 1 aliphatic rings. The van der Waals surface area contributed by atoms with Crippen LogP contribution in [0.3, 0.4) is 0 Å². The number of fused-ring (bicyclic) bond motifs is 1. The molecule has 4 rings (SSSR count). The molecule has 34 heavy (non-hydrogen) atoms. The van der Waals surface area contributed by atoms with Crippen molar-refractivity contribution in [2.75, 3.05) is 16.8 Å². The molecule has 1 aliphatic heterocycles. The lowest BCUT2D eigenvalue weighted by Gasteiger charge is -2.14. The Kier molecular flexibility index (Phi) is 5.88. The van der Waals surface area contributed by atoms with Crippen molar-refractivity contribution >= 4 is 40.8 Å². The van der Waals surface area contributed by atoms with Crippen molar-refractivity contribution in [3.05, 3.63) is 99.1 Å². The highest BCUT2D eigenvalue weighted by molar-refractivity contribution is 6.34. The van der Waals surface area contributed by atoms with Crippen molar-refractivity contribution in [1.82, 2.24) is 0 Å². The normalized spacial score (nSPS) is 12.3. The fraction of sp³-hybridized carbons (Fsp3) is 0.0833. The predicted octanol–water partition coefficient (Wildman–Crippen LogP) is 3.82. The summed E-state index contributed by atoms with van der Waals surface area (Å²) in [4.78, 5) is 61.8. The lowest BCUT2D eigenvalue weighted by atomic mass is 10.1. The van der Waals surface area contributed by atoms with E-state index in [1.54, 1.807) is 6.92 Å². The average Bonchev–Trinajstić information content (AvgIpc) is 3.08. The van der Waals surface area contributed by atoms with Gasteiger partial charge in [0, 0.05) is 23.4 Å². The van der Waals surface area contributed by atoms with Crippen molar-refractivity contribution in [2.24, 2.45) is 0 Å². The lowest BCUT2D eigenvalue weighted by molar-refractivity contribution is -0.384. The van der Waals surface area contributed by atoms with Crippen molar-refractivity contribution in [3.63, 3.8) is 0 Å². The third-order valence-corrected chi connectivity index (χ3v) is 5.08. The molecule has 0 saturated carbocycles. The molecule has 0 spiro atoms. The third kappa shape index (κ3) is 4.11. The van der Waals surface area contributed by atoms with E-state index in [-0.39, 0.29) is 45.9 Å². The molecule has 3 amide bonds. The molecule has 10 nitrogen and oxygen atoms in total. The van der Waals surface area contributed by atoms with E-state index in [1.807, 2.05) is 0 Å². The number of carbonyl (C=O) groups is 4. The van der Waals surface area contributed by atoms with Gasteiger partial charge in [-0.05, 0) is 49.4 Å². The lowest BCUT2D eigenvalue weighted by Crippen LogP contribution is -2.29. The smallest absolute Gasteiger partial charge is 0.338 e. The molecule has 0 unspecified atom stereocenters. The summed E-state index contributed by atoms with van der Waals surface area (Å²) in [5, 5.41) is 13.5. The number of carbonyl (C=O) groups excluding carboxylic acids is 4. The second-order valence-corrected chi connectivity index (χ2v) is 7.24. The first-order valence-electron chi connectivity index (χ1n) is 10.2. The standard InChI is InChI=1S/C24H17N3O7/c1-2-34-24(31)15-6-4-7-17(12-15)26-22(29)19-10-9-16(13-20(19)23(26)30)25-21(28)14-5-3-8-18(11-14)27(32)33/h3-13H,2H2,1H3,(H,25,28). The van der Waals surface area contributed by atoms with Crippen LogP contribution in [-0.2, 0) is 4.74 Å². The molecule has 1 N–H and O–H groups in total. The van der Waals surface area contributed by atoms with Crippen LogP contribution in [0, 0.1) is 10.1 Å². The Hall–Kier alpha value is -4.86. The number of hydrogen-bond acceptors (Lipinski definition) is 7. The van der Waals surface area contributed by atoms with E-state index in [0.29, 0.717) is 0 Å². The largest absolute Gasteiger partial charge is 0.462 e. The molecule has 3 aromatic carbocycles. The molecule has 0 bridgehead atoms. The number of nitro benzene ring substituents is 1. The Balaban J connectivity index is 1.59. The Morgan fingerprint density at radius 3 is 2.38 bits per heavy atom. The minimum Gasteiger partial charge on any atom is -0.462 e. The van der Waals surface area contributed by atoms with Crippen molar-refractivity contribution in [3.8, 4) is 0 Å². The van der Waals surface area contributed by atoms with E-state index in [0.717, 1.165) is 11.0 Å². The summed E-state index contributed by atoms with van der Waals surface area (Å²) in [7, 11) is 0. The SMILES string of the molecule is CCOC(=O)c1cccc(N2C(=O)c3ccc(NC(=O)c4cccc([N+](=O)[O-])c4)cc3C2=O)c1.